The standard InChI is InChI=1S/C7H15IO2/c1-2-3-4-10-6-7(9)5-8/h7,9H,2-6H2,1H3. The van der Waals surface area contributed by atoms with Crippen molar-refractivity contribution in [2.75, 3.05) is 17.6 Å². The average Bonchev–Trinajstić information content (AvgIpc) is 1.98. The lowest BCUT2D eigenvalue weighted by atomic mass is 10.4. The second-order valence-corrected chi connectivity index (χ2v) is 3.12. The van der Waals surface area contributed by atoms with E-state index in [4.69, 9.17) is 9.84 Å². The minimum Gasteiger partial charge on any atom is -0.390 e. The molecule has 0 aromatic carbocycles. The Labute approximate surface area is 76.1 Å². The fourth-order valence-corrected chi connectivity index (χ4v) is 0.765. The van der Waals surface area contributed by atoms with E-state index in [1.807, 2.05) is 0 Å². The lowest BCUT2D eigenvalue weighted by Gasteiger charge is -2.06. The summed E-state index contributed by atoms with van der Waals surface area (Å²) in [4.78, 5) is 0. The summed E-state index contributed by atoms with van der Waals surface area (Å²) >= 11 is 2.14. The van der Waals surface area contributed by atoms with Gasteiger partial charge in [0.05, 0.1) is 12.7 Å². The number of halogens is 1. The molecule has 0 bridgehead atoms. The lowest BCUT2D eigenvalue weighted by Crippen LogP contribution is -2.16. The summed E-state index contributed by atoms with van der Waals surface area (Å²) in [7, 11) is 0. The van der Waals surface area contributed by atoms with E-state index in [-0.39, 0.29) is 6.10 Å². The van der Waals surface area contributed by atoms with Crippen molar-refractivity contribution in [2.24, 2.45) is 0 Å². The molecule has 0 saturated heterocycles. The highest BCUT2D eigenvalue weighted by atomic mass is 127. The number of hydrogen-bond donors (Lipinski definition) is 1. The largest absolute Gasteiger partial charge is 0.390 e. The van der Waals surface area contributed by atoms with E-state index in [0.29, 0.717) is 6.61 Å². The molecule has 2 nitrogen and oxygen atoms in total. The molecule has 0 spiro atoms. The first-order valence-electron chi connectivity index (χ1n) is 3.63. The molecule has 0 aliphatic rings. The zero-order chi connectivity index (χ0) is 7.82. The van der Waals surface area contributed by atoms with E-state index in [2.05, 4.69) is 29.5 Å². The van der Waals surface area contributed by atoms with Crippen molar-refractivity contribution in [3.63, 3.8) is 0 Å². The van der Waals surface area contributed by atoms with Crippen molar-refractivity contribution in [2.45, 2.75) is 25.9 Å². The van der Waals surface area contributed by atoms with Crippen LogP contribution in [0.1, 0.15) is 19.8 Å². The molecule has 0 fully saturated rings. The first-order chi connectivity index (χ1) is 4.81. The Morgan fingerprint density at radius 3 is 2.80 bits per heavy atom. The Hall–Kier alpha value is 0.650. The molecule has 0 saturated carbocycles. The Bertz CT molecular complexity index is 68.6. The van der Waals surface area contributed by atoms with Gasteiger partial charge in [0.25, 0.3) is 0 Å². The fourth-order valence-electron chi connectivity index (χ4n) is 0.510. The summed E-state index contributed by atoms with van der Waals surface area (Å²) in [6.07, 6.45) is 1.96. The van der Waals surface area contributed by atoms with Gasteiger partial charge in [-0.25, -0.2) is 0 Å². The van der Waals surface area contributed by atoms with Crippen LogP contribution in [0.4, 0.5) is 0 Å². The molecule has 0 aromatic rings. The van der Waals surface area contributed by atoms with Gasteiger partial charge in [0.15, 0.2) is 0 Å². The molecular formula is C7H15IO2. The smallest absolute Gasteiger partial charge is 0.0862 e. The molecule has 1 N–H and O–H groups in total. The van der Waals surface area contributed by atoms with Crippen molar-refractivity contribution in [1.82, 2.24) is 0 Å². The number of aliphatic hydroxyl groups is 1. The summed E-state index contributed by atoms with van der Waals surface area (Å²) in [6, 6.07) is 0. The normalized spacial score (nSPS) is 13.5. The maximum Gasteiger partial charge on any atom is 0.0862 e. The second-order valence-electron chi connectivity index (χ2n) is 2.24. The molecule has 0 aliphatic heterocycles. The minimum absolute atomic E-state index is 0.280. The summed E-state index contributed by atoms with van der Waals surface area (Å²) < 4.78 is 5.93. The molecule has 1 unspecified atom stereocenters. The van der Waals surface area contributed by atoms with Crippen molar-refractivity contribution >= 4 is 22.6 Å². The van der Waals surface area contributed by atoms with Gasteiger partial charge in [-0.15, -0.1) is 0 Å². The molecule has 0 heterocycles. The zero-order valence-corrected chi connectivity index (χ0v) is 8.50. The van der Waals surface area contributed by atoms with Gasteiger partial charge < -0.3 is 9.84 Å². The van der Waals surface area contributed by atoms with Crippen LogP contribution in [0.5, 0.6) is 0 Å². The second kappa shape index (κ2) is 7.75. The van der Waals surface area contributed by atoms with Crippen molar-refractivity contribution < 1.29 is 9.84 Å². The number of alkyl halides is 1. The third kappa shape index (κ3) is 6.77. The first kappa shape index (κ1) is 10.7. The van der Waals surface area contributed by atoms with E-state index in [9.17, 15) is 0 Å². The highest BCUT2D eigenvalue weighted by molar-refractivity contribution is 14.1. The van der Waals surface area contributed by atoms with Gasteiger partial charge in [0.2, 0.25) is 0 Å². The van der Waals surface area contributed by atoms with Crippen LogP contribution in [-0.4, -0.2) is 28.9 Å². The van der Waals surface area contributed by atoms with Gasteiger partial charge in [0, 0.05) is 11.0 Å². The number of rotatable bonds is 6. The number of ether oxygens (including phenoxy) is 1. The van der Waals surface area contributed by atoms with Crippen LogP contribution in [0.15, 0.2) is 0 Å². The Balaban J connectivity index is 2.89. The third-order valence-corrected chi connectivity index (χ3v) is 2.15. The lowest BCUT2D eigenvalue weighted by molar-refractivity contribution is 0.0487. The van der Waals surface area contributed by atoms with Crippen LogP contribution in [0.2, 0.25) is 0 Å². The molecule has 62 valence electrons. The summed E-state index contributed by atoms with van der Waals surface area (Å²) in [5.74, 6) is 0. The maximum absolute atomic E-state index is 9.02. The van der Waals surface area contributed by atoms with E-state index in [1.54, 1.807) is 0 Å². The fraction of sp³-hybridized carbons (Fsp3) is 1.00. The van der Waals surface area contributed by atoms with E-state index < -0.39 is 0 Å². The van der Waals surface area contributed by atoms with Gasteiger partial charge in [0.1, 0.15) is 0 Å². The molecule has 3 heteroatoms. The third-order valence-electron chi connectivity index (χ3n) is 1.13. The molecule has 1 atom stereocenters. The van der Waals surface area contributed by atoms with Gasteiger partial charge >= 0.3 is 0 Å². The Morgan fingerprint density at radius 1 is 1.60 bits per heavy atom. The van der Waals surface area contributed by atoms with Gasteiger partial charge in [-0.3, -0.25) is 0 Å². The summed E-state index contributed by atoms with van der Waals surface area (Å²) in [5, 5.41) is 9.02. The van der Waals surface area contributed by atoms with Crippen LogP contribution in [0.3, 0.4) is 0 Å². The predicted molar refractivity (Wildman–Crippen MR) is 50.6 cm³/mol. The predicted octanol–water partition coefficient (Wildman–Crippen LogP) is 1.60. The zero-order valence-electron chi connectivity index (χ0n) is 6.35. The van der Waals surface area contributed by atoms with Gasteiger partial charge in [-0.2, -0.15) is 0 Å². The number of unbranched alkanes of at least 4 members (excludes halogenated alkanes) is 1. The molecule has 0 rings (SSSR count). The summed E-state index contributed by atoms with van der Waals surface area (Å²) in [6.45, 7) is 3.39. The first-order valence-corrected chi connectivity index (χ1v) is 5.15. The van der Waals surface area contributed by atoms with E-state index >= 15 is 0 Å². The highest BCUT2D eigenvalue weighted by Crippen LogP contribution is 1.93. The van der Waals surface area contributed by atoms with Crippen molar-refractivity contribution in [3.05, 3.63) is 0 Å². The van der Waals surface area contributed by atoms with Crippen LogP contribution in [0, 0.1) is 0 Å². The molecule has 0 aliphatic carbocycles. The minimum atomic E-state index is -0.280. The molecular weight excluding hydrogens is 243 g/mol. The van der Waals surface area contributed by atoms with Crippen LogP contribution < -0.4 is 0 Å². The van der Waals surface area contributed by atoms with Gasteiger partial charge in [-0.1, -0.05) is 35.9 Å². The highest BCUT2D eigenvalue weighted by Gasteiger charge is 1.99. The topological polar surface area (TPSA) is 29.5 Å². The number of aliphatic hydroxyl groups excluding tert-OH is 1. The average molecular weight is 258 g/mol. The van der Waals surface area contributed by atoms with Crippen molar-refractivity contribution in [3.8, 4) is 0 Å². The van der Waals surface area contributed by atoms with Crippen LogP contribution >= 0.6 is 22.6 Å². The van der Waals surface area contributed by atoms with Crippen LogP contribution in [0.25, 0.3) is 0 Å². The van der Waals surface area contributed by atoms with Gasteiger partial charge in [-0.05, 0) is 6.42 Å². The van der Waals surface area contributed by atoms with E-state index in [0.717, 1.165) is 23.9 Å². The molecule has 10 heavy (non-hydrogen) atoms. The van der Waals surface area contributed by atoms with Crippen LogP contribution in [-0.2, 0) is 4.74 Å². The molecule has 0 radical (unpaired) electrons. The van der Waals surface area contributed by atoms with Crippen molar-refractivity contribution in [1.29, 1.82) is 0 Å². The monoisotopic (exact) mass is 258 g/mol. The quantitative estimate of drug-likeness (QED) is 0.445. The van der Waals surface area contributed by atoms with E-state index in [1.165, 1.54) is 0 Å². The number of hydrogen-bond acceptors (Lipinski definition) is 2. The molecule has 0 amide bonds. The Kier molecular flexibility index (Phi) is 8.26. The Morgan fingerprint density at radius 2 is 2.30 bits per heavy atom. The molecule has 0 aromatic heterocycles. The maximum atomic E-state index is 9.02. The summed E-state index contributed by atoms with van der Waals surface area (Å²) in [5.41, 5.74) is 0. The SMILES string of the molecule is CCCCOCC(O)CI.